The highest BCUT2D eigenvalue weighted by atomic mass is 14.9. The van der Waals surface area contributed by atoms with Crippen LogP contribution in [0.4, 0.5) is 5.69 Å². The van der Waals surface area contributed by atoms with Gasteiger partial charge in [-0.05, 0) is 24.0 Å². The highest BCUT2D eigenvalue weighted by Crippen LogP contribution is 2.17. The second-order valence-corrected chi connectivity index (χ2v) is 4.30. The molecule has 1 rings (SSSR count). The number of hydrogen-bond donors (Lipinski definition) is 1. The van der Waals surface area contributed by atoms with Gasteiger partial charge in [0.1, 0.15) is 0 Å². The minimum absolute atomic E-state index is 0.750. The normalized spacial score (nSPS) is 12.5. The molecule has 0 aliphatic rings. The van der Waals surface area contributed by atoms with Gasteiger partial charge in [0.25, 0.3) is 0 Å². The van der Waals surface area contributed by atoms with Crippen LogP contribution in [0.15, 0.2) is 24.3 Å². The summed E-state index contributed by atoms with van der Waals surface area (Å²) in [5.74, 6) is 0.750. The molecular weight excluding hydrogens is 182 g/mol. The van der Waals surface area contributed by atoms with Gasteiger partial charge in [0.2, 0.25) is 0 Å². The molecule has 1 unspecified atom stereocenters. The molecule has 0 heterocycles. The molecule has 0 saturated carbocycles. The lowest BCUT2D eigenvalue weighted by Crippen LogP contribution is -2.11. The predicted molar refractivity (Wildman–Crippen MR) is 68.4 cm³/mol. The van der Waals surface area contributed by atoms with Gasteiger partial charge >= 0.3 is 0 Å². The van der Waals surface area contributed by atoms with E-state index in [1.54, 1.807) is 0 Å². The van der Waals surface area contributed by atoms with Crippen molar-refractivity contribution in [3.63, 3.8) is 0 Å². The van der Waals surface area contributed by atoms with E-state index in [2.05, 4.69) is 50.4 Å². The summed E-state index contributed by atoms with van der Waals surface area (Å²) in [6.45, 7) is 7.84. The highest BCUT2D eigenvalue weighted by molar-refractivity contribution is 5.51. The van der Waals surface area contributed by atoms with E-state index < -0.39 is 0 Å². The molecule has 1 N–H and O–H groups in total. The van der Waals surface area contributed by atoms with Crippen molar-refractivity contribution in [1.29, 1.82) is 0 Å². The summed E-state index contributed by atoms with van der Waals surface area (Å²) in [6.07, 6.45) is 3.62. The molecule has 0 fully saturated rings. The van der Waals surface area contributed by atoms with Gasteiger partial charge in [0, 0.05) is 12.2 Å². The molecule has 15 heavy (non-hydrogen) atoms. The second-order valence-electron chi connectivity index (χ2n) is 4.30. The van der Waals surface area contributed by atoms with Gasteiger partial charge in [0.05, 0.1) is 0 Å². The third kappa shape index (κ3) is 3.94. The van der Waals surface area contributed by atoms with E-state index in [0.29, 0.717) is 0 Å². The average Bonchev–Trinajstić information content (AvgIpc) is 2.28. The summed E-state index contributed by atoms with van der Waals surface area (Å²) in [6, 6.07) is 8.65. The Labute approximate surface area is 93.9 Å². The van der Waals surface area contributed by atoms with Crippen LogP contribution in [-0.2, 0) is 6.42 Å². The SMILES string of the molecule is CCCc1ccccc1NCC(C)CC. The maximum absolute atomic E-state index is 3.55. The van der Waals surface area contributed by atoms with Crippen LogP contribution in [0.2, 0.25) is 0 Å². The van der Waals surface area contributed by atoms with E-state index in [1.807, 2.05) is 0 Å². The van der Waals surface area contributed by atoms with Gasteiger partial charge in [-0.25, -0.2) is 0 Å². The molecule has 1 aromatic rings. The van der Waals surface area contributed by atoms with Crippen LogP contribution >= 0.6 is 0 Å². The molecule has 0 radical (unpaired) electrons. The first-order chi connectivity index (χ1) is 7.27. The van der Waals surface area contributed by atoms with Gasteiger partial charge in [-0.15, -0.1) is 0 Å². The minimum Gasteiger partial charge on any atom is -0.385 e. The predicted octanol–water partition coefficient (Wildman–Crippen LogP) is 4.10. The quantitative estimate of drug-likeness (QED) is 0.737. The monoisotopic (exact) mass is 205 g/mol. The third-order valence-corrected chi connectivity index (χ3v) is 2.87. The van der Waals surface area contributed by atoms with Crippen molar-refractivity contribution in [3.05, 3.63) is 29.8 Å². The van der Waals surface area contributed by atoms with E-state index in [4.69, 9.17) is 0 Å². The molecule has 1 heteroatoms. The fraction of sp³-hybridized carbons (Fsp3) is 0.571. The summed E-state index contributed by atoms with van der Waals surface area (Å²) in [4.78, 5) is 0. The molecule has 84 valence electrons. The number of aryl methyl sites for hydroxylation is 1. The maximum Gasteiger partial charge on any atom is 0.0372 e. The lowest BCUT2D eigenvalue weighted by molar-refractivity contribution is 0.593. The third-order valence-electron chi connectivity index (χ3n) is 2.87. The fourth-order valence-electron chi connectivity index (χ4n) is 1.61. The van der Waals surface area contributed by atoms with Crippen molar-refractivity contribution in [3.8, 4) is 0 Å². The maximum atomic E-state index is 3.55. The zero-order valence-electron chi connectivity index (χ0n) is 10.2. The first-order valence-electron chi connectivity index (χ1n) is 6.09. The van der Waals surface area contributed by atoms with E-state index in [0.717, 1.165) is 12.5 Å². The summed E-state index contributed by atoms with van der Waals surface area (Å²) in [5.41, 5.74) is 2.77. The van der Waals surface area contributed by atoms with Crippen LogP contribution in [-0.4, -0.2) is 6.54 Å². The number of nitrogens with one attached hydrogen (secondary N) is 1. The zero-order valence-corrected chi connectivity index (χ0v) is 10.2. The molecule has 0 spiro atoms. The largest absolute Gasteiger partial charge is 0.385 e. The Balaban J connectivity index is 2.58. The smallest absolute Gasteiger partial charge is 0.0372 e. The van der Waals surface area contributed by atoms with Crippen LogP contribution in [0.25, 0.3) is 0 Å². The molecule has 0 aliphatic heterocycles. The van der Waals surface area contributed by atoms with Gasteiger partial charge in [-0.1, -0.05) is 51.8 Å². The van der Waals surface area contributed by atoms with Crippen LogP contribution in [0.5, 0.6) is 0 Å². The Morgan fingerprint density at radius 3 is 2.60 bits per heavy atom. The van der Waals surface area contributed by atoms with Crippen molar-refractivity contribution in [2.75, 3.05) is 11.9 Å². The standard InChI is InChI=1S/C14H23N/c1-4-8-13-9-6-7-10-14(13)15-11-12(3)5-2/h6-7,9-10,12,15H,4-5,8,11H2,1-3H3. The number of benzene rings is 1. The lowest BCUT2D eigenvalue weighted by atomic mass is 10.1. The number of para-hydroxylation sites is 1. The molecule has 0 saturated heterocycles. The van der Waals surface area contributed by atoms with Gasteiger partial charge in [-0.2, -0.15) is 0 Å². The Hall–Kier alpha value is -0.980. The number of anilines is 1. The summed E-state index contributed by atoms with van der Waals surface area (Å²) >= 11 is 0. The van der Waals surface area contributed by atoms with Gasteiger partial charge < -0.3 is 5.32 Å². The van der Waals surface area contributed by atoms with Crippen LogP contribution in [0.1, 0.15) is 39.2 Å². The molecule has 1 nitrogen and oxygen atoms in total. The summed E-state index contributed by atoms with van der Waals surface area (Å²) in [7, 11) is 0. The van der Waals surface area contributed by atoms with Gasteiger partial charge in [-0.3, -0.25) is 0 Å². The molecule has 0 bridgehead atoms. The van der Waals surface area contributed by atoms with Gasteiger partial charge in [0.15, 0.2) is 0 Å². The van der Waals surface area contributed by atoms with E-state index in [1.165, 1.54) is 30.5 Å². The average molecular weight is 205 g/mol. The van der Waals surface area contributed by atoms with E-state index in [-0.39, 0.29) is 0 Å². The van der Waals surface area contributed by atoms with Crippen molar-refractivity contribution >= 4 is 5.69 Å². The van der Waals surface area contributed by atoms with Crippen LogP contribution in [0.3, 0.4) is 0 Å². The fourth-order valence-corrected chi connectivity index (χ4v) is 1.61. The molecule has 0 aliphatic carbocycles. The Morgan fingerprint density at radius 2 is 1.93 bits per heavy atom. The van der Waals surface area contributed by atoms with Crippen molar-refractivity contribution in [1.82, 2.24) is 0 Å². The molecule has 1 aromatic carbocycles. The molecular formula is C14H23N. The van der Waals surface area contributed by atoms with Crippen molar-refractivity contribution in [2.45, 2.75) is 40.0 Å². The Bertz CT molecular complexity index is 280. The molecule has 0 amide bonds. The van der Waals surface area contributed by atoms with E-state index in [9.17, 15) is 0 Å². The number of hydrogen-bond acceptors (Lipinski definition) is 1. The minimum atomic E-state index is 0.750. The lowest BCUT2D eigenvalue weighted by Gasteiger charge is -2.14. The van der Waals surface area contributed by atoms with Crippen LogP contribution in [0, 0.1) is 5.92 Å². The first kappa shape index (κ1) is 12.1. The van der Waals surface area contributed by atoms with Crippen molar-refractivity contribution < 1.29 is 0 Å². The summed E-state index contributed by atoms with van der Waals surface area (Å²) in [5, 5.41) is 3.55. The number of rotatable bonds is 6. The Kier molecular flexibility index (Phi) is 5.23. The van der Waals surface area contributed by atoms with Crippen LogP contribution < -0.4 is 5.32 Å². The second kappa shape index (κ2) is 6.49. The van der Waals surface area contributed by atoms with E-state index >= 15 is 0 Å². The summed E-state index contributed by atoms with van der Waals surface area (Å²) < 4.78 is 0. The first-order valence-corrected chi connectivity index (χ1v) is 6.09. The zero-order chi connectivity index (χ0) is 11.1. The highest BCUT2D eigenvalue weighted by Gasteiger charge is 2.02. The Morgan fingerprint density at radius 1 is 1.20 bits per heavy atom. The van der Waals surface area contributed by atoms with Crippen molar-refractivity contribution in [2.24, 2.45) is 5.92 Å². The topological polar surface area (TPSA) is 12.0 Å². The molecule has 0 aromatic heterocycles. The molecule has 1 atom stereocenters.